The molecule has 28 heavy (non-hydrogen) atoms. The van der Waals surface area contributed by atoms with E-state index < -0.39 is 5.91 Å². The summed E-state index contributed by atoms with van der Waals surface area (Å²) >= 11 is 4.75. The first-order valence-corrected chi connectivity index (χ1v) is 9.95. The van der Waals surface area contributed by atoms with Crippen molar-refractivity contribution in [1.82, 2.24) is 9.66 Å². The highest BCUT2D eigenvalue weighted by Gasteiger charge is 2.15. The average molecular weight is 456 g/mol. The molecule has 0 atom stereocenters. The summed E-state index contributed by atoms with van der Waals surface area (Å²) in [5.41, 5.74) is 4.38. The zero-order valence-electron chi connectivity index (χ0n) is 14.7. The molecule has 1 N–H and O–H groups in total. The second kappa shape index (κ2) is 7.57. The molecule has 0 radical (unpaired) electrons. The number of ether oxygens (including phenoxy) is 1. The fraction of sp³-hybridized carbons (Fsp3) is 0.0500. The number of hydrogen-bond donors (Lipinski definition) is 1. The Hall–Kier alpha value is -2.97. The lowest BCUT2D eigenvalue weighted by Gasteiger charge is -2.09. The molecule has 0 bridgehead atoms. The van der Waals surface area contributed by atoms with Gasteiger partial charge in [0.05, 0.1) is 17.0 Å². The van der Waals surface area contributed by atoms with E-state index in [-0.39, 0.29) is 5.56 Å². The molecular formula is C20H14BrN3O3S. The molecule has 2 aromatic carbocycles. The van der Waals surface area contributed by atoms with E-state index in [4.69, 9.17) is 4.74 Å². The molecule has 1 amide bonds. The maximum atomic E-state index is 13.0. The lowest BCUT2D eigenvalue weighted by Crippen LogP contribution is -2.33. The highest BCUT2D eigenvalue weighted by atomic mass is 79.9. The molecule has 2 aromatic heterocycles. The Balaban J connectivity index is 1.72. The molecule has 0 spiro atoms. The second-order valence-corrected chi connectivity index (χ2v) is 7.62. The van der Waals surface area contributed by atoms with Crippen LogP contribution in [0.4, 0.5) is 0 Å². The van der Waals surface area contributed by atoms with E-state index in [9.17, 15) is 9.59 Å². The molecule has 0 saturated heterocycles. The Morgan fingerprint density at radius 1 is 1.21 bits per heavy atom. The van der Waals surface area contributed by atoms with Crippen molar-refractivity contribution >= 4 is 43.4 Å². The van der Waals surface area contributed by atoms with E-state index in [1.807, 2.05) is 35.7 Å². The van der Waals surface area contributed by atoms with Gasteiger partial charge in [0.25, 0.3) is 11.5 Å². The van der Waals surface area contributed by atoms with Crippen LogP contribution in [0.2, 0.25) is 0 Å². The van der Waals surface area contributed by atoms with Crippen molar-refractivity contribution in [1.29, 1.82) is 0 Å². The van der Waals surface area contributed by atoms with Crippen LogP contribution in [0.25, 0.3) is 21.3 Å². The van der Waals surface area contributed by atoms with Crippen molar-refractivity contribution in [2.24, 2.45) is 0 Å². The maximum Gasteiger partial charge on any atom is 0.281 e. The van der Waals surface area contributed by atoms with Crippen LogP contribution in [0, 0.1) is 0 Å². The average Bonchev–Trinajstić information content (AvgIpc) is 3.15. The van der Waals surface area contributed by atoms with Gasteiger partial charge in [-0.2, -0.15) is 0 Å². The van der Waals surface area contributed by atoms with Gasteiger partial charge in [0.1, 0.15) is 16.9 Å². The Bertz CT molecular complexity index is 1230. The topological polar surface area (TPSA) is 73.2 Å². The Morgan fingerprint density at radius 3 is 2.71 bits per heavy atom. The lowest BCUT2D eigenvalue weighted by atomic mass is 10.1. The van der Waals surface area contributed by atoms with Gasteiger partial charge >= 0.3 is 0 Å². The minimum absolute atomic E-state index is 0.328. The summed E-state index contributed by atoms with van der Waals surface area (Å²) in [5.74, 6) is 0.186. The van der Waals surface area contributed by atoms with E-state index >= 15 is 0 Å². The summed E-state index contributed by atoms with van der Waals surface area (Å²) in [4.78, 5) is 30.5. The fourth-order valence-corrected chi connectivity index (χ4v) is 4.27. The van der Waals surface area contributed by atoms with Gasteiger partial charge < -0.3 is 4.74 Å². The van der Waals surface area contributed by atoms with Crippen LogP contribution in [-0.2, 0) is 0 Å². The van der Waals surface area contributed by atoms with Gasteiger partial charge in [0, 0.05) is 16.5 Å². The van der Waals surface area contributed by atoms with Crippen molar-refractivity contribution in [3.8, 4) is 16.9 Å². The smallest absolute Gasteiger partial charge is 0.281 e. The first-order valence-electron chi connectivity index (χ1n) is 8.27. The van der Waals surface area contributed by atoms with Crippen molar-refractivity contribution < 1.29 is 9.53 Å². The third kappa shape index (κ3) is 3.32. The van der Waals surface area contributed by atoms with Gasteiger partial charge in [-0.05, 0) is 39.7 Å². The fourth-order valence-electron chi connectivity index (χ4n) is 2.82. The van der Waals surface area contributed by atoms with E-state index in [1.54, 1.807) is 25.3 Å². The third-order valence-electron chi connectivity index (χ3n) is 4.22. The Kier molecular flexibility index (Phi) is 4.97. The second-order valence-electron chi connectivity index (χ2n) is 5.91. The van der Waals surface area contributed by atoms with Crippen molar-refractivity contribution in [2.75, 3.05) is 12.5 Å². The third-order valence-corrected chi connectivity index (χ3v) is 5.72. The number of nitrogens with one attached hydrogen (secondary N) is 1. The SMILES string of the molecule is COc1ccc(C(=O)Nn2cnc3scc(-c4ccccc4)c3c2=O)cc1Br. The van der Waals surface area contributed by atoms with Crippen molar-refractivity contribution in [2.45, 2.75) is 0 Å². The lowest BCUT2D eigenvalue weighted by molar-refractivity contribution is 0.101. The molecule has 0 aliphatic carbocycles. The molecule has 6 nitrogen and oxygen atoms in total. The predicted octanol–water partition coefficient (Wildman–Crippen LogP) is 4.28. The van der Waals surface area contributed by atoms with Gasteiger partial charge in [0.2, 0.25) is 0 Å². The highest BCUT2D eigenvalue weighted by molar-refractivity contribution is 9.10. The number of aromatic nitrogens is 2. The minimum atomic E-state index is -0.428. The predicted molar refractivity (Wildman–Crippen MR) is 114 cm³/mol. The Morgan fingerprint density at radius 2 is 2.00 bits per heavy atom. The highest BCUT2D eigenvalue weighted by Crippen LogP contribution is 2.30. The molecule has 2 heterocycles. The summed E-state index contributed by atoms with van der Waals surface area (Å²) in [5, 5.41) is 2.39. The normalized spacial score (nSPS) is 10.8. The molecule has 0 aliphatic rings. The molecule has 0 unspecified atom stereocenters. The standard InChI is InChI=1S/C20H14BrN3O3S/c1-27-16-8-7-13(9-15(16)21)18(25)23-24-11-22-19-17(20(24)26)14(10-28-19)12-5-3-2-4-6-12/h2-11H,1H3,(H,23,25). The zero-order chi connectivity index (χ0) is 19.7. The van der Waals surface area contributed by atoms with Crippen molar-refractivity contribution in [3.63, 3.8) is 0 Å². The van der Waals surface area contributed by atoms with Gasteiger partial charge in [-0.1, -0.05) is 30.3 Å². The summed E-state index contributed by atoms with van der Waals surface area (Å²) < 4.78 is 6.93. The first-order chi connectivity index (χ1) is 13.6. The van der Waals surface area contributed by atoms with Crippen LogP contribution >= 0.6 is 27.3 Å². The van der Waals surface area contributed by atoms with Crippen LogP contribution in [0.5, 0.6) is 5.75 Å². The molecule has 8 heteroatoms. The number of hydrogen-bond acceptors (Lipinski definition) is 5. The van der Waals surface area contributed by atoms with Gasteiger partial charge in [-0.15, -0.1) is 11.3 Å². The number of nitrogens with zero attached hydrogens (tertiary/aromatic N) is 2. The zero-order valence-corrected chi connectivity index (χ0v) is 17.1. The largest absolute Gasteiger partial charge is 0.496 e. The van der Waals surface area contributed by atoms with Gasteiger partial charge in [0.15, 0.2) is 0 Å². The van der Waals surface area contributed by atoms with E-state index in [0.29, 0.717) is 26.0 Å². The van der Waals surface area contributed by atoms with E-state index in [2.05, 4.69) is 26.3 Å². The minimum Gasteiger partial charge on any atom is -0.496 e. The first kappa shape index (κ1) is 18.4. The molecule has 0 aliphatic heterocycles. The van der Waals surface area contributed by atoms with Crippen LogP contribution in [0.15, 0.2) is 69.5 Å². The molecule has 4 aromatic rings. The number of amides is 1. The number of carbonyl (C=O) groups is 1. The number of fused-ring (bicyclic) bond motifs is 1. The summed E-state index contributed by atoms with van der Waals surface area (Å²) in [7, 11) is 1.55. The number of rotatable bonds is 4. The van der Waals surface area contributed by atoms with Crippen molar-refractivity contribution in [3.05, 3.63) is 80.6 Å². The van der Waals surface area contributed by atoms with Crippen LogP contribution in [0.1, 0.15) is 10.4 Å². The number of methoxy groups -OCH3 is 1. The summed E-state index contributed by atoms with van der Waals surface area (Å²) in [6, 6.07) is 14.5. The Labute approximate surface area is 172 Å². The number of carbonyl (C=O) groups excluding carboxylic acids is 1. The van der Waals surface area contributed by atoms with Crippen LogP contribution in [-0.4, -0.2) is 22.7 Å². The maximum absolute atomic E-state index is 13.0. The van der Waals surface area contributed by atoms with Gasteiger partial charge in [-0.3, -0.25) is 15.0 Å². The summed E-state index contributed by atoms with van der Waals surface area (Å²) in [6.07, 6.45) is 1.33. The monoisotopic (exact) mass is 455 g/mol. The molecule has 0 fully saturated rings. The van der Waals surface area contributed by atoms with Gasteiger partial charge in [-0.25, -0.2) is 9.66 Å². The number of benzene rings is 2. The quantitative estimate of drug-likeness (QED) is 0.498. The molecule has 140 valence electrons. The van der Waals surface area contributed by atoms with Crippen LogP contribution in [0.3, 0.4) is 0 Å². The number of thiophene rings is 1. The molecule has 0 saturated carbocycles. The van der Waals surface area contributed by atoms with E-state index in [1.165, 1.54) is 17.7 Å². The van der Waals surface area contributed by atoms with Crippen LogP contribution < -0.4 is 15.7 Å². The number of halogens is 1. The summed E-state index contributed by atoms with van der Waals surface area (Å²) in [6.45, 7) is 0. The van der Waals surface area contributed by atoms with E-state index in [0.717, 1.165) is 15.8 Å². The molecular weight excluding hydrogens is 442 g/mol. The molecule has 4 rings (SSSR count).